The topological polar surface area (TPSA) is 52.1 Å². The number of fused-ring (bicyclic) bond motifs is 1. The lowest BCUT2D eigenvalue weighted by atomic mass is 10.0. The van der Waals surface area contributed by atoms with Gasteiger partial charge in [0.15, 0.2) is 0 Å². The molecule has 0 amide bonds. The van der Waals surface area contributed by atoms with Gasteiger partial charge in [-0.05, 0) is 30.7 Å². The number of hydrogen-bond acceptors (Lipinski definition) is 5. The molecule has 0 spiro atoms. The molecule has 100 valence electrons. The fraction of sp³-hybridized carbons (Fsp3) is 0.133. The Balaban J connectivity index is 1.99. The summed E-state index contributed by atoms with van der Waals surface area (Å²) in [6.45, 7) is 2.17. The van der Waals surface area contributed by atoms with Crippen LogP contribution in [0.4, 0.5) is 0 Å². The van der Waals surface area contributed by atoms with Crippen molar-refractivity contribution in [1.29, 1.82) is 0 Å². The van der Waals surface area contributed by atoms with E-state index in [1.165, 1.54) is 11.7 Å². The summed E-state index contributed by atoms with van der Waals surface area (Å²) >= 11 is 1.20. The van der Waals surface area contributed by atoms with Crippen molar-refractivity contribution >= 4 is 28.7 Å². The van der Waals surface area contributed by atoms with Crippen molar-refractivity contribution in [3.8, 4) is 11.1 Å². The molecule has 5 heteroatoms. The molecule has 2 aromatic carbocycles. The van der Waals surface area contributed by atoms with Gasteiger partial charge >= 0.3 is 5.97 Å². The van der Waals surface area contributed by atoms with E-state index in [1.807, 2.05) is 30.3 Å². The van der Waals surface area contributed by atoms with E-state index in [0.717, 1.165) is 22.2 Å². The van der Waals surface area contributed by atoms with Crippen LogP contribution in [0, 0.1) is 0 Å². The molecule has 1 heterocycles. The summed E-state index contributed by atoms with van der Waals surface area (Å²) in [5.41, 5.74) is 4.37. The number of carbonyl (C=O) groups is 1. The molecule has 0 radical (unpaired) electrons. The summed E-state index contributed by atoms with van der Waals surface area (Å²) in [5, 5.41) is 0. The second-order valence-corrected chi connectivity index (χ2v) is 4.76. The van der Waals surface area contributed by atoms with Crippen LogP contribution in [0.15, 0.2) is 42.5 Å². The van der Waals surface area contributed by atoms with E-state index in [9.17, 15) is 4.79 Å². The monoisotopic (exact) mass is 284 g/mol. The summed E-state index contributed by atoms with van der Waals surface area (Å²) in [4.78, 5) is 11.6. The van der Waals surface area contributed by atoms with Gasteiger partial charge in [0.05, 0.1) is 23.9 Å². The SMILES string of the molecule is CCOC(=O)c1ccc(-c2cccc3nsnc23)cc1. The van der Waals surface area contributed by atoms with Gasteiger partial charge in [-0.15, -0.1) is 0 Å². The predicted molar refractivity (Wildman–Crippen MR) is 78.8 cm³/mol. The third-order valence-corrected chi connectivity index (χ3v) is 3.54. The Bertz CT molecular complexity index is 750. The van der Waals surface area contributed by atoms with Gasteiger partial charge in [0, 0.05) is 5.56 Å². The van der Waals surface area contributed by atoms with Crippen molar-refractivity contribution in [1.82, 2.24) is 8.75 Å². The molecule has 1 aromatic heterocycles. The third kappa shape index (κ3) is 2.28. The molecule has 0 atom stereocenters. The molecule has 0 bridgehead atoms. The zero-order valence-corrected chi connectivity index (χ0v) is 11.7. The second kappa shape index (κ2) is 5.38. The minimum Gasteiger partial charge on any atom is -0.462 e. The van der Waals surface area contributed by atoms with E-state index < -0.39 is 0 Å². The van der Waals surface area contributed by atoms with E-state index in [-0.39, 0.29) is 5.97 Å². The summed E-state index contributed by atoms with van der Waals surface area (Å²) in [6.07, 6.45) is 0. The summed E-state index contributed by atoms with van der Waals surface area (Å²) in [7, 11) is 0. The Morgan fingerprint density at radius 1 is 1.15 bits per heavy atom. The van der Waals surface area contributed by atoms with Crippen LogP contribution in [0.2, 0.25) is 0 Å². The average Bonchev–Trinajstić information content (AvgIpc) is 2.96. The van der Waals surface area contributed by atoms with E-state index >= 15 is 0 Å². The molecule has 0 aliphatic rings. The lowest BCUT2D eigenvalue weighted by Crippen LogP contribution is -2.03. The van der Waals surface area contributed by atoms with E-state index in [2.05, 4.69) is 8.75 Å². The highest BCUT2D eigenvalue weighted by Crippen LogP contribution is 2.27. The first-order chi connectivity index (χ1) is 9.79. The maximum absolute atomic E-state index is 11.6. The fourth-order valence-electron chi connectivity index (χ4n) is 2.04. The fourth-order valence-corrected chi connectivity index (χ4v) is 2.59. The van der Waals surface area contributed by atoms with Crippen LogP contribution in [-0.4, -0.2) is 21.3 Å². The highest BCUT2D eigenvalue weighted by atomic mass is 32.1. The van der Waals surface area contributed by atoms with Crippen molar-refractivity contribution in [3.05, 3.63) is 48.0 Å². The van der Waals surface area contributed by atoms with Gasteiger partial charge in [0.1, 0.15) is 11.0 Å². The van der Waals surface area contributed by atoms with Crippen LogP contribution < -0.4 is 0 Å². The number of hydrogen-bond donors (Lipinski definition) is 0. The zero-order valence-electron chi connectivity index (χ0n) is 10.9. The van der Waals surface area contributed by atoms with Crippen molar-refractivity contribution in [2.45, 2.75) is 6.92 Å². The third-order valence-electron chi connectivity index (χ3n) is 2.99. The average molecular weight is 284 g/mol. The second-order valence-electron chi connectivity index (χ2n) is 4.24. The Morgan fingerprint density at radius 3 is 2.70 bits per heavy atom. The number of aromatic nitrogens is 2. The molecule has 0 aliphatic carbocycles. The van der Waals surface area contributed by atoms with Crippen LogP contribution in [0.1, 0.15) is 17.3 Å². The lowest BCUT2D eigenvalue weighted by molar-refractivity contribution is 0.0526. The molecule has 4 nitrogen and oxygen atoms in total. The van der Waals surface area contributed by atoms with Gasteiger partial charge in [-0.25, -0.2) is 4.79 Å². The number of esters is 1. The quantitative estimate of drug-likeness (QED) is 0.690. The van der Waals surface area contributed by atoms with Gasteiger partial charge in [-0.1, -0.05) is 24.3 Å². The van der Waals surface area contributed by atoms with Crippen LogP contribution in [0.25, 0.3) is 22.2 Å². The first-order valence-corrected chi connectivity index (χ1v) is 7.01. The molecule has 3 rings (SSSR count). The molecule has 20 heavy (non-hydrogen) atoms. The molecule has 0 aliphatic heterocycles. The summed E-state index contributed by atoms with van der Waals surface area (Å²) in [6, 6.07) is 13.2. The molecule has 0 unspecified atom stereocenters. The van der Waals surface area contributed by atoms with Crippen LogP contribution in [0.5, 0.6) is 0 Å². The van der Waals surface area contributed by atoms with Crippen LogP contribution in [-0.2, 0) is 4.74 Å². The van der Waals surface area contributed by atoms with Gasteiger partial charge in [-0.2, -0.15) is 8.75 Å². The number of nitrogens with zero attached hydrogens (tertiary/aromatic N) is 2. The molecular weight excluding hydrogens is 272 g/mol. The molecule has 0 N–H and O–H groups in total. The smallest absolute Gasteiger partial charge is 0.338 e. The minimum atomic E-state index is -0.299. The molecule has 3 aromatic rings. The lowest BCUT2D eigenvalue weighted by Gasteiger charge is -2.05. The Hall–Kier alpha value is -2.27. The normalized spacial score (nSPS) is 10.7. The Morgan fingerprint density at radius 2 is 1.95 bits per heavy atom. The predicted octanol–water partition coefficient (Wildman–Crippen LogP) is 3.54. The van der Waals surface area contributed by atoms with Crippen molar-refractivity contribution in [2.75, 3.05) is 6.61 Å². The van der Waals surface area contributed by atoms with E-state index in [1.54, 1.807) is 19.1 Å². The largest absolute Gasteiger partial charge is 0.462 e. The first-order valence-electron chi connectivity index (χ1n) is 6.28. The number of benzene rings is 2. The molecule has 0 saturated carbocycles. The van der Waals surface area contributed by atoms with E-state index in [0.29, 0.717) is 12.2 Å². The van der Waals surface area contributed by atoms with Crippen LogP contribution in [0.3, 0.4) is 0 Å². The van der Waals surface area contributed by atoms with Gasteiger partial charge in [-0.3, -0.25) is 0 Å². The van der Waals surface area contributed by atoms with E-state index in [4.69, 9.17) is 4.74 Å². The number of ether oxygens (including phenoxy) is 1. The first kappa shape index (κ1) is 12.7. The Labute approximate surface area is 120 Å². The Kier molecular flexibility index (Phi) is 3.43. The number of rotatable bonds is 3. The van der Waals surface area contributed by atoms with Gasteiger partial charge in [0.25, 0.3) is 0 Å². The molecular formula is C15H12N2O2S. The zero-order chi connectivity index (χ0) is 13.9. The molecule has 0 saturated heterocycles. The summed E-state index contributed by atoms with van der Waals surface area (Å²) in [5.74, 6) is -0.299. The summed E-state index contributed by atoms with van der Waals surface area (Å²) < 4.78 is 13.5. The standard InChI is InChI=1S/C15H12N2O2S/c1-2-19-15(18)11-8-6-10(7-9-11)12-4-3-5-13-14(12)17-20-16-13/h3-9H,2H2,1H3. The highest BCUT2D eigenvalue weighted by Gasteiger charge is 2.09. The maximum atomic E-state index is 11.6. The van der Waals surface area contributed by atoms with Crippen molar-refractivity contribution in [2.24, 2.45) is 0 Å². The highest BCUT2D eigenvalue weighted by molar-refractivity contribution is 7.00. The molecule has 0 fully saturated rings. The maximum Gasteiger partial charge on any atom is 0.338 e. The van der Waals surface area contributed by atoms with Crippen molar-refractivity contribution in [3.63, 3.8) is 0 Å². The number of carbonyl (C=O) groups excluding carboxylic acids is 1. The van der Waals surface area contributed by atoms with Gasteiger partial charge in [0.2, 0.25) is 0 Å². The van der Waals surface area contributed by atoms with Crippen LogP contribution >= 0.6 is 11.7 Å². The minimum absolute atomic E-state index is 0.299. The van der Waals surface area contributed by atoms with Crippen molar-refractivity contribution < 1.29 is 9.53 Å². The van der Waals surface area contributed by atoms with Gasteiger partial charge < -0.3 is 4.74 Å².